The molecule has 6 heteroatoms. The average Bonchev–Trinajstić information content (AvgIpc) is 3.79. The minimum atomic E-state index is 0.951. The van der Waals surface area contributed by atoms with E-state index in [4.69, 9.17) is 0 Å². The van der Waals surface area contributed by atoms with Crippen molar-refractivity contribution in [2.24, 2.45) is 4.99 Å². The second kappa shape index (κ2) is 19.2. The maximum atomic E-state index is 4.45. The Bertz CT molecular complexity index is 1240. The van der Waals surface area contributed by atoms with Crippen LogP contribution in [0.4, 0.5) is 5.69 Å². The molecule has 1 aliphatic rings. The molecule has 0 fully saturated rings. The van der Waals surface area contributed by atoms with Gasteiger partial charge in [-0.2, -0.15) is 0 Å². The maximum Gasteiger partial charge on any atom is 0.105 e. The molecule has 0 bridgehead atoms. The first-order valence-corrected chi connectivity index (χ1v) is 15.6. The molecule has 4 heterocycles. The van der Waals surface area contributed by atoms with Gasteiger partial charge in [0.15, 0.2) is 0 Å². The smallest absolute Gasteiger partial charge is 0.105 e. The standard InChI is InChI=1S/C9H10N2.C9H9NS.C8H9NS.3C2H6/c1-10-9-6-7-4-2-3-5-8(7)11-9;1-2-9-10-7-5-3-4-6-8(7)11-9;1-2-6-5-8-7(9-6)3-4-10-8;3*1-2/h2-5H,6H2,1H3,(H,10,11);3-6H,2H2,1H3;3-5,9H,2H2,1H3;3*1-2H3. The van der Waals surface area contributed by atoms with E-state index >= 15 is 0 Å². The third-order valence-electron chi connectivity index (χ3n) is 5.24. The van der Waals surface area contributed by atoms with E-state index in [-0.39, 0.29) is 0 Å². The second-order valence-electron chi connectivity index (χ2n) is 7.40. The number of aryl methyl sites for hydroxylation is 2. The summed E-state index contributed by atoms with van der Waals surface area (Å²) < 4.78 is 2.67. The lowest BCUT2D eigenvalue weighted by atomic mass is 10.2. The van der Waals surface area contributed by atoms with Crippen molar-refractivity contribution in [3.8, 4) is 0 Å². The highest BCUT2D eigenvalue weighted by Crippen LogP contribution is 2.23. The van der Waals surface area contributed by atoms with Gasteiger partial charge >= 0.3 is 0 Å². The molecule has 0 unspecified atom stereocenters. The minimum Gasteiger partial charge on any atom is -0.358 e. The van der Waals surface area contributed by atoms with Gasteiger partial charge in [0.2, 0.25) is 0 Å². The summed E-state index contributed by atoms with van der Waals surface area (Å²) in [6.07, 6.45) is 3.09. The number of para-hydroxylation sites is 2. The van der Waals surface area contributed by atoms with Crippen molar-refractivity contribution in [2.45, 2.75) is 74.7 Å². The van der Waals surface area contributed by atoms with Crippen molar-refractivity contribution in [2.75, 3.05) is 12.4 Å². The Morgan fingerprint density at radius 3 is 2.13 bits per heavy atom. The van der Waals surface area contributed by atoms with Crippen LogP contribution in [0.2, 0.25) is 0 Å². The number of hydrogen-bond acceptors (Lipinski definition) is 4. The van der Waals surface area contributed by atoms with Crippen molar-refractivity contribution in [3.05, 3.63) is 82.3 Å². The molecular formula is C32H46N4S2. The zero-order valence-electron chi connectivity index (χ0n) is 24.7. The molecule has 4 nitrogen and oxygen atoms in total. The zero-order chi connectivity index (χ0) is 28.3. The quantitative estimate of drug-likeness (QED) is 0.230. The number of thiophene rings is 1. The van der Waals surface area contributed by atoms with Crippen molar-refractivity contribution in [1.29, 1.82) is 0 Å². The fourth-order valence-electron chi connectivity index (χ4n) is 3.48. The fourth-order valence-corrected chi connectivity index (χ4v) is 5.19. The van der Waals surface area contributed by atoms with E-state index in [2.05, 4.69) is 88.0 Å². The van der Waals surface area contributed by atoms with Crippen LogP contribution in [0, 0.1) is 0 Å². The summed E-state index contributed by atoms with van der Waals surface area (Å²) in [5.74, 6) is 1.06. The number of nitrogens with zero attached hydrogens (tertiary/aromatic N) is 2. The lowest BCUT2D eigenvalue weighted by molar-refractivity contribution is 1.07. The largest absolute Gasteiger partial charge is 0.358 e. The molecule has 6 rings (SSSR count). The van der Waals surface area contributed by atoms with Crippen LogP contribution >= 0.6 is 22.7 Å². The topological polar surface area (TPSA) is 53.1 Å². The number of aromatic amines is 1. The molecule has 0 saturated heterocycles. The third-order valence-corrected chi connectivity index (χ3v) is 7.29. The van der Waals surface area contributed by atoms with Crippen molar-refractivity contribution in [3.63, 3.8) is 0 Å². The van der Waals surface area contributed by atoms with Crippen LogP contribution in [0.3, 0.4) is 0 Å². The van der Waals surface area contributed by atoms with E-state index in [1.54, 1.807) is 22.7 Å². The van der Waals surface area contributed by atoms with E-state index in [9.17, 15) is 0 Å². The number of thiazole rings is 1. The summed E-state index contributed by atoms with van der Waals surface area (Å²) >= 11 is 3.58. The van der Waals surface area contributed by atoms with Crippen molar-refractivity contribution >= 4 is 54.6 Å². The normalized spacial score (nSPS) is 11.7. The maximum absolute atomic E-state index is 4.45. The Balaban J connectivity index is 0.000000259. The van der Waals surface area contributed by atoms with Crippen molar-refractivity contribution in [1.82, 2.24) is 9.97 Å². The Labute approximate surface area is 238 Å². The predicted molar refractivity (Wildman–Crippen MR) is 176 cm³/mol. The summed E-state index contributed by atoms with van der Waals surface area (Å²) in [5, 5.41) is 6.57. The Hall–Kier alpha value is -2.96. The number of hydrogen-bond donors (Lipinski definition) is 2. The number of anilines is 1. The number of fused-ring (bicyclic) bond motifs is 3. The molecule has 0 aliphatic carbocycles. The number of H-pyrrole nitrogens is 1. The SMILES string of the molecule is CC.CC.CC.CCc1cc2sccc2[nH]1.CCc1nc2ccccc2s1.CN=C1Cc2ccccc2N1. The molecule has 2 N–H and O–H groups in total. The molecule has 0 spiro atoms. The second-order valence-corrected chi connectivity index (χ2v) is 9.47. The molecule has 0 radical (unpaired) electrons. The molecule has 3 aromatic heterocycles. The lowest BCUT2D eigenvalue weighted by Gasteiger charge is -1.95. The number of benzene rings is 2. The Kier molecular flexibility index (Phi) is 16.7. The van der Waals surface area contributed by atoms with Gasteiger partial charge in [-0.15, -0.1) is 22.7 Å². The van der Waals surface area contributed by atoms with Gasteiger partial charge in [-0.3, -0.25) is 4.99 Å². The van der Waals surface area contributed by atoms with Crippen LogP contribution in [-0.2, 0) is 19.3 Å². The molecule has 5 aromatic rings. The van der Waals surface area contributed by atoms with Crippen LogP contribution in [0.1, 0.15) is 71.7 Å². The van der Waals surface area contributed by atoms with E-state index in [0.717, 1.165) is 30.6 Å². The van der Waals surface area contributed by atoms with Crippen LogP contribution in [0.15, 0.2) is 71.0 Å². The van der Waals surface area contributed by atoms with Gasteiger partial charge in [0.25, 0.3) is 0 Å². The monoisotopic (exact) mass is 550 g/mol. The van der Waals surface area contributed by atoms with Gasteiger partial charge in [-0.1, -0.05) is 85.7 Å². The molecule has 0 saturated carbocycles. The Morgan fingerprint density at radius 2 is 1.53 bits per heavy atom. The van der Waals surface area contributed by atoms with Gasteiger partial charge in [0.05, 0.1) is 25.4 Å². The number of rotatable bonds is 2. The first-order valence-electron chi connectivity index (χ1n) is 13.9. The first kappa shape index (κ1) is 33.1. The lowest BCUT2D eigenvalue weighted by Crippen LogP contribution is -2.04. The summed E-state index contributed by atoms with van der Waals surface area (Å²) in [5.41, 5.74) is 6.29. The van der Waals surface area contributed by atoms with Crippen LogP contribution in [-0.4, -0.2) is 22.9 Å². The number of nitrogens with one attached hydrogen (secondary N) is 2. The van der Waals surface area contributed by atoms with Gasteiger partial charge in [-0.25, -0.2) is 4.98 Å². The van der Waals surface area contributed by atoms with Crippen LogP contribution in [0.5, 0.6) is 0 Å². The first-order chi connectivity index (χ1) is 18.7. The molecule has 206 valence electrons. The fraction of sp³-hybridized carbons (Fsp3) is 0.375. The van der Waals surface area contributed by atoms with E-state index < -0.39 is 0 Å². The third kappa shape index (κ3) is 9.73. The Morgan fingerprint density at radius 1 is 0.842 bits per heavy atom. The predicted octanol–water partition coefficient (Wildman–Crippen LogP) is 10.4. The molecule has 38 heavy (non-hydrogen) atoms. The van der Waals surface area contributed by atoms with Gasteiger partial charge < -0.3 is 10.3 Å². The summed E-state index contributed by atoms with van der Waals surface area (Å²) in [4.78, 5) is 11.9. The van der Waals surface area contributed by atoms with Crippen molar-refractivity contribution < 1.29 is 0 Å². The number of aliphatic imine (C=N–C) groups is 1. The average molecular weight is 551 g/mol. The highest BCUT2D eigenvalue weighted by Gasteiger charge is 2.13. The van der Waals surface area contributed by atoms with Crippen LogP contribution in [0.25, 0.3) is 20.4 Å². The van der Waals surface area contributed by atoms with Crippen LogP contribution < -0.4 is 5.32 Å². The summed E-state index contributed by atoms with van der Waals surface area (Å²) in [6, 6.07) is 20.9. The number of aromatic nitrogens is 2. The van der Waals surface area contributed by atoms with E-state index in [1.165, 1.54) is 36.9 Å². The minimum absolute atomic E-state index is 0.951. The highest BCUT2D eigenvalue weighted by atomic mass is 32.1. The van der Waals surface area contributed by atoms with E-state index in [1.807, 2.05) is 60.7 Å². The molecule has 0 atom stereocenters. The molecular weight excluding hydrogens is 505 g/mol. The van der Waals surface area contributed by atoms with Gasteiger partial charge in [0, 0.05) is 24.8 Å². The highest BCUT2D eigenvalue weighted by molar-refractivity contribution is 7.18. The summed E-state index contributed by atoms with van der Waals surface area (Å²) in [6.45, 7) is 16.3. The molecule has 2 aromatic carbocycles. The molecule has 0 amide bonds. The summed E-state index contributed by atoms with van der Waals surface area (Å²) in [7, 11) is 1.81. The number of amidine groups is 1. The zero-order valence-corrected chi connectivity index (χ0v) is 26.3. The van der Waals surface area contributed by atoms with Gasteiger partial charge in [-0.05, 0) is 54.1 Å². The van der Waals surface area contributed by atoms with E-state index in [0.29, 0.717) is 0 Å². The van der Waals surface area contributed by atoms with Gasteiger partial charge in [0.1, 0.15) is 5.84 Å². The molecule has 1 aliphatic heterocycles.